The first kappa shape index (κ1) is 25.3. The molecule has 2 amide bonds. The Bertz CT molecular complexity index is 1140. The maximum atomic E-state index is 12.8. The average molecular weight is 482 g/mol. The Labute approximate surface area is 204 Å². The van der Waals surface area contributed by atoms with Crippen LogP contribution in [-0.2, 0) is 11.8 Å². The van der Waals surface area contributed by atoms with Gasteiger partial charge in [-0.3, -0.25) is 9.59 Å². The van der Waals surface area contributed by atoms with E-state index in [1.807, 2.05) is 51.4 Å². The summed E-state index contributed by atoms with van der Waals surface area (Å²) in [7, 11) is 3.43. The fourth-order valence-electron chi connectivity index (χ4n) is 3.59. The smallest absolute Gasteiger partial charge is 0.251 e. The van der Waals surface area contributed by atoms with Gasteiger partial charge in [-0.05, 0) is 67.3 Å². The van der Waals surface area contributed by atoms with E-state index in [1.54, 1.807) is 31.4 Å². The number of ether oxygens (including phenoxy) is 1. The molecule has 3 rings (SSSR count). The Balaban J connectivity index is 1.66. The lowest BCUT2D eigenvalue weighted by atomic mass is 10.0. The lowest BCUT2D eigenvalue weighted by molar-refractivity contribution is -0.113. The van der Waals surface area contributed by atoms with Crippen LogP contribution in [0, 0.1) is 19.8 Å². The van der Waals surface area contributed by atoms with Crippen molar-refractivity contribution in [1.82, 2.24) is 20.1 Å². The summed E-state index contributed by atoms with van der Waals surface area (Å²) in [4.78, 5) is 25.3. The molecule has 0 spiro atoms. The molecule has 1 atom stereocenters. The minimum atomic E-state index is -0.342. The number of aromatic nitrogens is 3. The quantitative estimate of drug-likeness (QED) is 0.442. The molecule has 8 nitrogen and oxygen atoms in total. The fourth-order valence-corrected chi connectivity index (χ4v) is 4.31. The summed E-state index contributed by atoms with van der Waals surface area (Å²) in [6.07, 6.45) is 0. The highest BCUT2D eigenvalue weighted by molar-refractivity contribution is 7.99. The molecule has 3 aromatic rings. The Kier molecular flexibility index (Phi) is 8.33. The topological polar surface area (TPSA) is 98.1 Å². The molecule has 9 heteroatoms. The highest BCUT2D eigenvalue weighted by Gasteiger charge is 2.25. The van der Waals surface area contributed by atoms with E-state index in [0.717, 1.165) is 16.8 Å². The van der Waals surface area contributed by atoms with Crippen LogP contribution in [0.25, 0.3) is 0 Å². The maximum absolute atomic E-state index is 12.8. The van der Waals surface area contributed by atoms with Gasteiger partial charge in [-0.15, -0.1) is 10.2 Å². The monoisotopic (exact) mass is 481 g/mol. The van der Waals surface area contributed by atoms with E-state index in [0.29, 0.717) is 22.3 Å². The van der Waals surface area contributed by atoms with Gasteiger partial charge in [-0.25, -0.2) is 0 Å². The molecule has 0 saturated heterocycles. The van der Waals surface area contributed by atoms with Crippen molar-refractivity contribution < 1.29 is 14.3 Å². The van der Waals surface area contributed by atoms with Gasteiger partial charge in [-0.2, -0.15) is 0 Å². The van der Waals surface area contributed by atoms with Gasteiger partial charge in [0, 0.05) is 18.3 Å². The summed E-state index contributed by atoms with van der Waals surface area (Å²) in [6.45, 7) is 8.02. The van der Waals surface area contributed by atoms with E-state index in [1.165, 1.54) is 11.8 Å². The lowest BCUT2D eigenvalue weighted by Crippen LogP contribution is -2.33. The summed E-state index contributed by atoms with van der Waals surface area (Å²) < 4.78 is 6.98. The van der Waals surface area contributed by atoms with E-state index in [4.69, 9.17) is 4.74 Å². The molecule has 1 heterocycles. The van der Waals surface area contributed by atoms with Crippen molar-refractivity contribution in [3.8, 4) is 5.75 Å². The Morgan fingerprint density at radius 2 is 1.71 bits per heavy atom. The zero-order valence-corrected chi connectivity index (χ0v) is 21.2. The largest absolute Gasteiger partial charge is 0.497 e. The highest BCUT2D eigenvalue weighted by Crippen LogP contribution is 2.25. The third-order valence-electron chi connectivity index (χ3n) is 5.29. The van der Waals surface area contributed by atoms with Crippen molar-refractivity contribution >= 4 is 29.3 Å². The first-order chi connectivity index (χ1) is 16.2. The second-order valence-electron chi connectivity index (χ2n) is 8.54. The van der Waals surface area contributed by atoms with Gasteiger partial charge in [0.15, 0.2) is 11.0 Å². The number of thioether (sulfide) groups is 1. The van der Waals surface area contributed by atoms with E-state index in [-0.39, 0.29) is 29.5 Å². The molecule has 0 unspecified atom stereocenters. The molecule has 0 bridgehead atoms. The molecule has 1 aromatic heterocycles. The summed E-state index contributed by atoms with van der Waals surface area (Å²) in [6, 6.07) is 12.5. The first-order valence-electron chi connectivity index (χ1n) is 11.0. The molecule has 34 heavy (non-hydrogen) atoms. The fraction of sp³-hybridized carbons (Fsp3) is 0.360. The Morgan fingerprint density at radius 3 is 2.29 bits per heavy atom. The number of methoxy groups -OCH3 is 1. The number of hydrogen-bond acceptors (Lipinski definition) is 6. The van der Waals surface area contributed by atoms with Crippen LogP contribution in [0.2, 0.25) is 0 Å². The van der Waals surface area contributed by atoms with E-state index in [2.05, 4.69) is 26.9 Å². The van der Waals surface area contributed by atoms with Crippen molar-refractivity contribution in [2.75, 3.05) is 18.2 Å². The van der Waals surface area contributed by atoms with Gasteiger partial charge in [0.2, 0.25) is 5.91 Å². The maximum Gasteiger partial charge on any atom is 0.251 e. The van der Waals surface area contributed by atoms with Crippen LogP contribution in [0.1, 0.15) is 47.2 Å². The first-order valence-corrected chi connectivity index (χ1v) is 12.0. The van der Waals surface area contributed by atoms with Gasteiger partial charge < -0.3 is 19.9 Å². The van der Waals surface area contributed by atoms with Crippen molar-refractivity contribution in [2.24, 2.45) is 13.0 Å². The standard InChI is InChI=1S/C25H31N5O3S/c1-15(2)22(27-24(32)18-7-9-20(33-6)10-8-18)23-28-29-25(30(23)5)34-14-21(31)26-19-12-16(3)11-17(4)13-19/h7-13,15,22H,14H2,1-6H3,(H,26,31)(H,27,32)/t22-/m1/s1. The molecule has 180 valence electrons. The molecule has 0 radical (unpaired) electrons. The highest BCUT2D eigenvalue weighted by atomic mass is 32.2. The van der Waals surface area contributed by atoms with E-state index >= 15 is 0 Å². The van der Waals surface area contributed by atoms with Crippen LogP contribution in [0.15, 0.2) is 47.6 Å². The molecule has 0 aliphatic carbocycles. The summed E-state index contributed by atoms with van der Waals surface area (Å²) in [5.41, 5.74) is 3.50. The summed E-state index contributed by atoms with van der Waals surface area (Å²) in [5, 5.41) is 15.2. The summed E-state index contributed by atoms with van der Waals surface area (Å²) >= 11 is 1.30. The van der Waals surface area contributed by atoms with Gasteiger partial charge in [0.1, 0.15) is 5.75 Å². The van der Waals surface area contributed by atoms with Crippen LogP contribution in [0.5, 0.6) is 5.75 Å². The van der Waals surface area contributed by atoms with Crippen LogP contribution < -0.4 is 15.4 Å². The zero-order valence-electron chi connectivity index (χ0n) is 20.4. The molecule has 0 saturated carbocycles. The van der Waals surface area contributed by atoms with Gasteiger partial charge in [-0.1, -0.05) is 31.7 Å². The summed E-state index contributed by atoms with van der Waals surface area (Å²) in [5.74, 6) is 1.28. The molecular formula is C25H31N5O3S. The predicted molar refractivity (Wildman–Crippen MR) is 134 cm³/mol. The molecule has 0 aliphatic rings. The second kappa shape index (κ2) is 11.2. The van der Waals surface area contributed by atoms with Crippen LogP contribution in [0.3, 0.4) is 0 Å². The van der Waals surface area contributed by atoms with Crippen molar-refractivity contribution in [3.63, 3.8) is 0 Å². The number of carbonyl (C=O) groups is 2. The van der Waals surface area contributed by atoms with Crippen molar-refractivity contribution in [1.29, 1.82) is 0 Å². The van der Waals surface area contributed by atoms with E-state index < -0.39 is 0 Å². The minimum absolute atomic E-state index is 0.0795. The van der Waals surface area contributed by atoms with E-state index in [9.17, 15) is 9.59 Å². The Morgan fingerprint density at radius 1 is 1.06 bits per heavy atom. The number of carbonyl (C=O) groups excluding carboxylic acids is 2. The molecular weight excluding hydrogens is 450 g/mol. The number of nitrogens with zero attached hydrogens (tertiary/aromatic N) is 3. The number of hydrogen-bond donors (Lipinski definition) is 2. The van der Waals surface area contributed by atoms with Crippen LogP contribution in [0.4, 0.5) is 5.69 Å². The normalized spacial score (nSPS) is 11.9. The molecule has 2 N–H and O–H groups in total. The van der Waals surface area contributed by atoms with Gasteiger partial charge in [0.25, 0.3) is 5.91 Å². The minimum Gasteiger partial charge on any atom is -0.497 e. The third kappa shape index (κ3) is 6.38. The van der Waals surface area contributed by atoms with Gasteiger partial charge in [0.05, 0.1) is 18.9 Å². The molecule has 2 aromatic carbocycles. The number of rotatable bonds is 9. The van der Waals surface area contributed by atoms with Crippen molar-refractivity contribution in [3.05, 3.63) is 65.0 Å². The Hall–Kier alpha value is -3.33. The van der Waals surface area contributed by atoms with Crippen LogP contribution >= 0.6 is 11.8 Å². The molecule has 0 aliphatic heterocycles. The second-order valence-corrected chi connectivity index (χ2v) is 9.48. The average Bonchev–Trinajstić information content (AvgIpc) is 3.15. The zero-order chi connectivity index (χ0) is 24.8. The number of anilines is 1. The molecule has 0 fully saturated rings. The lowest BCUT2D eigenvalue weighted by Gasteiger charge is -2.21. The number of benzene rings is 2. The number of aryl methyl sites for hydroxylation is 2. The third-order valence-corrected chi connectivity index (χ3v) is 6.31. The van der Waals surface area contributed by atoms with Gasteiger partial charge >= 0.3 is 0 Å². The predicted octanol–water partition coefficient (Wildman–Crippen LogP) is 4.30. The SMILES string of the molecule is COc1ccc(C(=O)N[C@@H](c2nnc(SCC(=O)Nc3cc(C)cc(C)c3)n2C)C(C)C)cc1. The van der Waals surface area contributed by atoms with Crippen LogP contribution in [-0.4, -0.2) is 39.4 Å². The van der Waals surface area contributed by atoms with Crippen molar-refractivity contribution in [2.45, 2.75) is 38.9 Å². The number of nitrogens with one attached hydrogen (secondary N) is 2. The number of amides is 2.